The van der Waals surface area contributed by atoms with Crippen LogP contribution in [0.4, 0.5) is 0 Å². The van der Waals surface area contributed by atoms with E-state index in [1.807, 2.05) is 19.1 Å². The highest BCUT2D eigenvalue weighted by atomic mass is 35.5. The van der Waals surface area contributed by atoms with Gasteiger partial charge in [-0.3, -0.25) is 0 Å². The Bertz CT molecular complexity index is 482. The summed E-state index contributed by atoms with van der Waals surface area (Å²) in [5.74, 6) is 0.969. The Hall–Kier alpha value is -0.730. The average Bonchev–Trinajstić information content (AvgIpc) is 2.47. The highest BCUT2D eigenvalue weighted by Crippen LogP contribution is 2.53. The molecule has 0 bridgehead atoms. The van der Waals surface area contributed by atoms with Crippen LogP contribution in [0.2, 0.25) is 5.02 Å². The van der Waals surface area contributed by atoms with E-state index < -0.39 is 0 Å². The van der Waals surface area contributed by atoms with Gasteiger partial charge < -0.3 is 10.1 Å². The molecule has 3 rings (SSSR count). The Morgan fingerprint density at radius 3 is 2.65 bits per heavy atom. The van der Waals surface area contributed by atoms with E-state index in [1.54, 1.807) is 0 Å². The van der Waals surface area contributed by atoms with E-state index in [4.69, 9.17) is 16.3 Å². The van der Waals surface area contributed by atoms with Gasteiger partial charge in [-0.1, -0.05) is 30.9 Å². The van der Waals surface area contributed by atoms with Crippen molar-refractivity contribution >= 4 is 11.6 Å². The van der Waals surface area contributed by atoms with E-state index in [1.165, 1.54) is 32.1 Å². The first-order chi connectivity index (χ1) is 9.65. The zero-order valence-electron chi connectivity index (χ0n) is 12.4. The van der Waals surface area contributed by atoms with Gasteiger partial charge in [0.05, 0.1) is 0 Å². The maximum Gasteiger partial charge on any atom is 0.120 e. The second kappa shape index (κ2) is 5.57. The van der Waals surface area contributed by atoms with Crippen LogP contribution in [-0.2, 0) is 0 Å². The van der Waals surface area contributed by atoms with Crippen molar-refractivity contribution in [3.8, 4) is 5.75 Å². The van der Waals surface area contributed by atoms with Gasteiger partial charge >= 0.3 is 0 Å². The summed E-state index contributed by atoms with van der Waals surface area (Å²) in [7, 11) is 2.09. The zero-order chi connectivity index (χ0) is 14.2. The van der Waals surface area contributed by atoms with Gasteiger partial charge in [0.2, 0.25) is 0 Å². The third-order valence-electron chi connectivity index (χ3n) is 5.33. The molecule has 2 fully saturated rings. The van der Waals surface area contributed by atoms with Crippen molar-refractivity contribution in [2.75, 3.05) is 7.05 Å². The van der Waals surface area contributed by atoms with Crippen molar-refractivity contribution in [2.45, 2.75) is 57.6 Å². The smallest absolute Gasteiger partial charge is 0.120 e. The van der Waals surface area contributed by atoms with Crippen LogP contribution in [0.25, 0.3) is 0 Å². The predicted molar refractivity (Wildman–Crippen MR) is 83.6 cm³/mol. The number of rotatable bonds is 3. The summed E-state index contributed by atoms with van der Waals surface area (Å²) in [6.07, 6.45) is 8.16. The van der Waals surface area contributed by atoms with Gasteiger partial charge in [0.25, 0.3) is 0 Å². The van der Waals surface area contributed by atoms with Crippen LogP contribution in [0.5, 0.6) is 5.75 Å². The number of benzene rings is 1. The first kappa shape index (κ1) is 14.2. The molecule has 0 heterocycles. The van der Waals surface area contributed by atoms with E-state index >= 15 is 0 Å². The molecule has 0 aromatic heterocycles. The minimum atomic E-state index is 0.362. The SMILES string of the molecule is CNC1CC(Oc2ccc(Cl)c(C)c2)C12CCCCC2. The van der Waals surface area contributed by atoms with Gasteiger partial charge in [0, 0.05) is 22.9 Å². The highest BCUT2D eigenvalue weighted by molar-refractivity contribution is 6.31. The number of aryl methyl sites for hydroxylation is 1. The highest BCUT2D eigenvalue weighted by Gasteiger charge is 2.55. The summed E-state index contributed by atoms with van der Waals surface area (Å²) < 4.78 is 6.31. The van der Waals surface area contributed by atoms with E-state index in [9.17, 15) is 0 Å². The van der Waals surface area contributed by atoms with Gasteiger partial charge in [-0.15, -0.1) is 0 Å². The second-order valence-electron chi connectivity index (χ2n) is 6.39. The summed E-state index contributed by atoms with van der Waals surface area (Å²) in [6, 6.07) is 6.62. The monoisotopic (exact) mass is 293 g/mol. The van der Waals surface area contributed by atoms with Crippen LogP contribution >= 0.6 is 11.6 Å². The van der Waals surface area contributed by atoms with Crippen LogP contribution in [0.15, 0.2) is 18.2 Å². The van der Waals surface area contributed by atoms with E-state index in [-0.39, 0.29) is 0 Å². The van der Waals surface area contributed by atoms with E-state index in [0.717, 1.165) is 22.8 Å². The van der Waals surface area contributed by atoms with E-state index in [0.29, 0.717) is 17.6 Å². The van der Waals surface area contributed by atoms with Crippen molar-refractivity contribution in [3.63, 3.8) is 0 Å². The Kier molecular flexibility index (Phi) is 3.96. The van der Waals surface area contributed by atoms with Crippen molar-refractivity contribution in [1.29, 1.82) is 0 Å². The van der Waals surface area contributed by atoms with Crippen LogP contribution in [0.3, 0.4) is 0 Å². The second-order valence-corrected chi connectivity index (χ2v) is 6.80. The fourth-order valence-electron chi connectivity index (χ4n) is 4.05. The summed E-state index contributed by atoms with van der Waals surface area (Å²) in [6.45, 7) is 2.03. The molecule has 2 aliphatic rings. The molecule has 0 amide bonds. The fraction of sp³-hybridized carbons (Fsp3) is 0.647. The molecule has 1 N–H and O–H groups in total. The molecule has 20 heavy (non-hydrogen) atoms. The summed E-state index contributed by atoms with van der Waals surface area (Å²) in [5, 5.41) is 4.31. The lowest BCUT2D eigenvalue weighted by atomic mass is 9.55. The summed E-state index contributed by atoms with van der Waals surface area (Å²) in [5.41, 5.74) is 1.45. The Morgan fingerprint density at radius 2 is 2.00 bits per heavy atom. The minimum Gasteiger partial charge on any atom is -0.490 e. The first-order valence-corrected chi connectivity index (χ1v) is 8.13. The maximum absolute atomic E-state index is 6.31. The fourth-order valence-corrected chi connectivity index (χ4v) is 4.17. The Balaban J connectivity index is 1.75. The van der Waals surface area contributed by atoms with Crippen molar-refractivity contribution < 1.29 is 4.74 Å². The molecule has 0 saturated heterocycles. The number of hydrogen-bond donors (Lipinski definition) is 1. The van der Waals surface area contributed by atoms with Crippen LogP contribution in [0.1, 0.15) is 44.1 Å². The molecular weight excluding hydrogens is 270 g/mol. The molecule has 0 radical (unpaired) electrons. The minimum absolute atomic E-state index is 0.362. The molecule has 3 heteroatoms. The third-order valence-corrected chi connectivity index (χ3v) is 5.75. The van der Waals surface area contributed by atoms with Gasteiger partial charge in [0.1, 0.15) is 11.9 Å². The predicted octanol–water partition coefficient (Wildman–Crippen LogP) is 4.34. The third kappa shape index (κ3) is 2.33. The zero-order valence-corrected chi connectivity index (χ0v) is 13.2. The van der Waals surface area contributed by atoms with Crippen LogP contribution < -0.4 is 10.1 Å². The first-order valence-electron chi connectivity index (χ1n) is 7.76. The molecule has 2 nitrogen and oxygen atoms in total. The summed E-state index contributed by atoms with van der Waals surface area (Å²) >= 11 is 6.09. The van der Waals surface area contributed by atoms with Gasteiger partial charge in [-0.25, -0.2) is 0 Å². The number of nitrogens with one attached hydrogen (secondary N) is 1. The number of hydrogen-bond acceptors (Lipinski definition) is 2. The van der Waals surface area contributed by atoms with Gasteiger partial charge in [0.15, 0.2) is 0 Å². The largest absolute Gasteiger partial charge is 0.490 e. The molecule has 2 atom stereocenters. The van der Waals surface area contributed by atoms with Crippen LogP contribution in [-0.4, -0.2) is 19.2 Å². The van der Waals surface area contributed by atoms with Gasteiger partial charge in [-0.2, -0.15) is 0 Å². The van der Waals surface area contributed by atoms with E-state index in [2.05, 4.69) is 18.4 Å². The van der Waals surface area contributed by atoms with Crippen molar-refractivity contribution in [1.82, 2.24) is 5.32 Å². The molecule has 2 aliphatic carbocycles. The molecule has 2 saturated carbocycles. The average molecular weight is 294 g/mol. The summed E-state index contributed by atoms with van der Waals surface area (Å²) in [4.78, 5) is 0. The van der Waals surface area contributed by atoms with Crippen LogP contribution in [0, 0.1) is 12.3 Å². The number of halogens is 1. The van der Waals surface area contributed by atoms with Crippen molar-refractivity contribution in [2.24, 2.45) is 5.41 Å². The normalized spacial score (nSPS) is 28.1. The topological polar surface area (TPSA) is 21.3 Å². The maximum atomic E-state index is 6.31. The molecule has 1 spiro atoms. The molecule has 2 unspecified atom stereocenters. The molecular formula is C17H24ClNO. The molecule has 0 aliphatic heterocycles. The lowest BCUT2D eigenvalue weighted by molar-refractivity contribution is -0.100. The lowest BCUT2D eigenvalue weighted by Crippen LogP contribution is -2.64. The van der Waals surface area contributed by atoms with Gasteiger partial charge in [-0.05, 0) is 50.6 Å². The van der Waals surface area contributed by atoms with Crippen molar-refractivity contribution in [3.05, 3.63) is 28.8 Å². The lowest BCUT2D eigenvalue weighted by Gasteiger charge is -2.57. The quantitative estimate of drug-likeness (QED) is 0.895. The molecule has 110 valence electrons. The Labute approximate surface area is 126 Å². The Morgan fingerprint density at radius 1 is 1.25 bits per heavy atom. The molecule has 1 aromatic carbocycles. The standard InChI is InChI=1S/C17H24ClNO/c1-12-10-13(6-7-14(12)18)20-16-11-15(19-2)17(16)8-4-3-5-9-17/h6-7,10,15-16,19H,3-5,8-9,11H2,1-2H3. The molecule has 1 aromatic rings. The number of ether oxygens (including phenoxy) is 1.